The van der Waals surface area contributed by atoms with Crippen molar-refractivity contribution in [1.29, 1.82) is 0 Å². The van der Waals surface area contributed by atoms with Crippen molar-refractivity contribution in [3.8, 4) is 0 Å². The predicted molar refractivity (Wildman–Crippen MR) is 74.3 cm³/mol. The van der Waals surface area contributed by atoms with Crippen LogP contribution in [0.2, 0.25) is 0 Å². The van der Waals surface area contributed by atoms with Gasteiger partial charge in [0.15, 0.2) is 0 Å². The zero-order valence-electron chi connectivity index (χ0n) is 13.1. The number of nitrogens with zero attached hydrogens (tertiary/aromatic N) is 1. The highest BCUT2D eigenvalue weighted by Gasteiger charge is 2.35. The molecule has 0 aromatic rings. The molecular formula is C14H25NO5. The Kier molecular flexibility index (Phi) is 7.24. The second-order valence-electron chi connectivity index (χ2n) is 5.43. The fourth-order valence-electron chi connectivity index (χ4n) is 1.93. The maximum atomic E-state index is 12.2. The lowest BCUT2D eigenvalue weighted by atomic mass is 9.97. The van der Waals surface area contributed by atoms with Gasteiger partial charge in [0.05, 0.1) is 13.2 Å². The second kappa shape index (κ2) is 7.87. The van der Waals surface area contributed by atoms with Gasteiger partial charge >= 0.3 is 12.1 Å². The van der Waals surface area contributed by atoms with Gasteiger partial charge in [-0.1, -0.05) is 6.92 Å². The summed E-state index contributed by atoms with van der Waals surface area (Å²) in [4.78, 5) is 36.3. The third-order valence-electron chi connectivity index (χ3n) is 2.82. The fourth-order valence-corrected chi connectivity index (χ4v) is 1.93. The van der Waals surface area contributed by atoms with E-state index in [-0.39, 0.29) is 0 Å². The first-order valence-electron chi connectivity index (χ1n) is 6.74. The molecule has 2 unspecified atom stereocenters. The monoisotopic (exact) mass is 287 g/mol. The summed E-state index contributed by atoms with van der Waals surface area (Å²) in [5, 5.41) is 0. The van der Waals surface area contributed by atoms with E-state index in [0.717, 1.165) is 0 Å². The summed E-state index contributed by atoms with van der Waals surface area (Å²) in [6.45, 7) is 9.20. The van der Waals surface area contributed by atoms with Gasteiger partial charge in [0.2, 0.25) is 0 Å². The Morgan fingerprint density at radius 3 is 2.10 bits per heavy atom. The average Bonchev–Trinajstić information content (AvgIpc) is 2.35. The number of rotatable bonds is 6. The highest BCUT2D eigenvalue weighted by molar-refractivity contribution is 5.89. The van der Waals surface area contributed by atoms with Crippen LogP contribution in [0.5, 0.6) is 0 Å². The van der Waals surface area contributed by atoms with Crippen molar-refractivity contribution in [2.75, 3.05) is 13.7 Å². The van der Waals surface area contributed by atoms with Crippen molar-refractivity contribution < 1.29 is 23.9 Å². The van der Waals surface area contributed by atoms with Crippen molar-refractivity contribution in [2.24, 2.45) is 5.92 Å². The van der Waals surface area contributed by atoms with Crippen molar-refractivity contribution in [2.45, 2.75) is 52.7 Å². The van der Waals surface area contributed by atoms with Crippen LogP contribution < -0.4 is 0 Å². The Labute approximate surface area is 120 Å². The van der Waals surface area contributed by atoms with Crippen molar-refractivity contribution in [3.63, 3.8) is 0 Å². The van der Waals surface area contributed by atoms with Gasteiger partial charge < -0.3 is 19.2 Å². The van der Waals surface area contributed by atoms with Crippen LogP contribution in [0.15, 0.2) is 0 Å². The van der Waals surface area contributed by atoms with Crippen LogP contribution in [0.4, 0.5) is 4.79 Å². The lowest BCUT2D eigenvalue weighted by Gasteiger charge is -2.34. The fraction of sp³-hybridized carbons (Fsp3) is 0.786. The van der Waals surface area contributed by atoms with Crippen LogP contribution >= 0.6 is 0 Å². The zero-order chi connectivity index (χ0) is 15.9. The quantitative estimate of drug-likeness (QED) is 0.424. The Balaban J connectivity index is 5.19. The molecule has 0 rings (SSSR count). The van der Waals surface area contributed by atoms with Gasteiger partial charge in [-0.05, 0) is 34.1 Å². The van der Waals surface area contributed by atoms with E-state index >= 15 is 0 Å². The molecular weight excluding hydrogens is 262 g/mol. The van der Waals surface area contributed by atoms with E-state index in [9.17, 15) is 14.4 Å². The van der Waals surface area contributed by atoms with Crippen LogP contribution in [0.3, 0.4) is 0 Å². The predicted octanol–water partition coefficient (Wildman–Crippen LogP) is 2.01. The molecule has 0 saturated carbocycles. The molecule has 0 fully saturated rings. The number of hydrogen-bond acceptors (Lipinski definition) is 5. The largest absolute Gasteiger partial charge is 0.468 e. The zero-order valence-corrected chi connectivity index (χ0v) is 13.1. The van der Waals surface area contributed by atoms with Crippen LogP contribution in [0.25, 0.3) is 0 Å². The van der Waals surface area contributed by atoms with E-state index in [0.29, 0.717) is 19.3 Å². The lowest BCUT2D eigenvalue weighted by Crippen LogP contribution is -2.49. The molecule has 0 spiro atoms. The van der Waals surface area contributed by atoms with Crippen molar-refractivity contribution in [1.82, 2.24) is 4.90 Å². The first-order valence-corrected chi connectivity index (χ1v) is 6.74. The number of esters is 1. The number of carbonyl (C=O) groups excluding carboxylic acids is 3. The summed E-state index contributed by atoms with van der Waals surface area (Å²) in [5.74, 6) is -1.65. The summed E-state index contributed by atoms with van der Waals surface area (Å²) in [5.41, 5.74) is -0.634. The summed E-state index contributed by atoms with van der Waals surface area (Å²) in [6, 6.07) is -0.570. The molecule has 0 bridgehead atoms. The summed E-state index contributed by atoms with van der Waals surface area (Å²) >= 11 is 0. The van der Waals surface area contributed by atoms with Crippen molar-refractivity contribution in [3.05, 3.63) is 0 Å². The topological polar surface area (TPSA) is 72.9 Å². The SMILES string of the molecule is CCC(C(C=O)C(=O)OC)N(CC)C(=O)OC(C)(C)C. The van der Waals surface area contributed by atoms with Gasteiger partial charge in [0, 0.05) is 6.54 Å². The standard InChI is InChI=1S/C14H25NO5/c1-7-11(10(9-16)12(17)19-6)15(8-2)13(18)20-14(3,4)5/h9-11H,7-8H2,1-6H3. The molecule has 0 N–H and O–H groups in total. The Morgan fingerprint density at radius 2 is 1.80 bits per heavy atom. The van der Waals surface area contributed by atoms with Crippen LogP contribution in [-0.4, -0.2) is 48.5 Å². The molecule has 6 heteroatoms. The van der Waals surface area contributed by atoms with Gasteiger partial charge in [-0.15, -0.1) is 0 Å². The van der Waals surface area contributed by atoms with Gasteiger partial charge in [-0.2, -0.15) is 0 Å². The Hall–Kier alpha value is -1.59. The summed E-state index contributed by atoms with van der Waals surface area (Å²) < 4.78 is 9.91. The van der Waals surface area contributed by atoms with Gasteiger partial charge in [0.25, 0.3) is 0 Å². The average molecular weight is 287 g/mol. The summed E-state index contributed by atoms with van der Waals surface area (Å²) in [6.07, 6.45) is 0.432. The third-order valence-corrected chi connectivity index (χ3v) is 2.82. The molecule has 116 valence electrons. The smallest absolute Gasteiger partial charge is 0.410 e. The van der Waals surface area contributed by atoms with Crippen LogP contribution in [0.1, 0.15) is 41.0 Å². The minimum atomic E-state index is -1.00. The molecule has 0 aliphatic heterocycles. The molecule has 1 amide bonds. The molecule has 0 radical (unpaired) electrons. The van der Waals surface area contributed by atoms with E-state index in [1.54, 1.807) is 34.6 Å². The first kappa shape index (κ1) is 18.4. The normalized spacial score (nSPS) is 14.1. The van der Waals surface area contributed by atoms with E-state index in [2.05, 4.69) is 4.74 Å². The highest BCUT2D eigenvalue weighted by atomic mass is 16.6. The van der Waals surface area contributed by atoms with Gasteiger partial charge in [0.1, 0.15) is 17.8 Å². The van der Waals surface area contributed by atoms with E-state index < -0.39 is 29.6 Å². The highest BCUT2D eigenvalue weighted by Crippen LogP contribution is 2.19. The molecule has 0 heterocycles. The Morgan fingerprint density at radius 1 is 1.25 bits per heavy atom. The first-order chi connectivity index (χ1) is 9.21. The third kappa shape index (κ3) is 5.19. The maximum Gasteiger partial charge on any atom is 0.410 e. The van der Waals surface area contributed by atoms with E-state index in [1.165, 1.54) is 12.0 Å². The number of carbonyl (C=O) groups is 3. The number of methoxy groups -OCH3 is 1. The molecule has 0 aromatic heterocycles. The van der Waals surface area contributed by atoms with Crippen molar-refractivity contribution >= 4 is 18.3 Å². The molecule has 6 nitrogen and oxygen atoms in total. The number of hydrogen-bond donors (Lipinski definition) is 0. The maximum absolute atomic E-state index is 12.2. The summed E-state index contributed by atoms with van der Waals surface area (Å²) in [7, 11) is 1.22. The molecule has 0 aromatic carbocycles. The number of ether oxygens (including phenoxy) is 2. The molecule has 2 atom stereocenters. The second-order valence-corrected chi connectivity index (χ2v) is 5.43. The molecule has 0 aliphatic carbocycles. The van der Waals surface area contributed by atoms with E-state index in [1.807, 2.05) is 0 Å². The van der Waals surface area contributed by atoms with E-state index in [4.69, 9.17) is 4.74 Å². The van der Waals surface area contributed by atoms with Gasteiger partial charge in [-0.3, -0.25) is 4.79 Å². The van der Waals surface area contributed by atoms with Crippen LogP contribution in [0, 0.1) is 5.92 Å². The minimum Gasteiger partial charge on any atom is -0.468 e. The molecule has 0 saturated heterocycles. The minimum absolute atomic E-state index is 0.342. The Bertz CT molecular complexity index is 348. The number of amides is 1. The molecule has 20 heavy (non-hydrogen) atoms. The number of aldehydes is 1. The van der Waals surface area contributed by atoms with Gasteiger partial charge in [-0.25, -0.2) is 4.79 Å². The lowest BCUT2D eigenvalue weighted by molar-refractivity contribution is -0.149. The molecule has 0 aliphatic rings. The van der Waals surface area contributed by atoms with Crippen LogP contribution in [-0.2, 0) is 19.1 Å².